The highest BCUT2D eigenvalue weighted by atomic mass is 16.3. The summed E-state index contributed by atoms with van der Waals surface area (Å²) in [5.74, 6) is 0.887. The van der Waals surface area contributed by atoms with Crippen LogP contribution in [-0.4, -0.2) is 17.0 Å². The third kappa shape index (κ3) is 1.89. The van der Waals surface area contributed by atoms with Crippen LogP contribution in [0.5, 0.6) is 0 Å². The smallest absolute Gasteiger partial charge is 0.129 e. The Bertz CT molecular complexity index is 424. The standard InChI is InChI=1S/C11H13N3O/c1-8-3-6-15-11(8)10(12-2)9-7-13-4-5-14-9/h3-7,10,12H,1-2H3. The Morgan fingerprint density at radius 3 is 2.80 bits per heavy atom. The van der Waals surface area contributed by atoms with Crippen molar-refractivity contribution in [2.75, 3.05) is 7.05 Å². The van der Waals surface area contributed by atoms with Crippen molar-refractivity contribution in [3.05, 3.63) is 47.9 Å². The average molecular weight is 203 g/mol. The van der Waals surface area contributed by atoms with Gasteiger partial charge < -0.3 is 9.73 Å². The highest BCUT2D eigenvalue weighted by Gasteiger charge is 2.18. The summed E-state index contributed by atoms with van der Waals surface area (Å²) < 4.78 is 5.44. The highest BCUT2D eigenvalue weighted by molar-refractivity contribution is 5.25. The van der Waals surface area contributed by atoms with Crippen molar-refractivity contribution in [3.63, 3.8) is 0 Å². The monoisotopic (exact) mass is 203 g/mol. The van der Waals surface area contributed by atoms with Crippen LogP contribution in [0.15, 0.2) is 35.3 Å². The lowest BCUT2D eigenvalue weighted by Gasteiger charge is -2.13. The lowest BCUT2D eigenvalue weighted by Crippen LogP contribution is -2.19. The van der Waals surface area contributed by atoms with Gasteiger partial charge in [0.25, 0.3) is 0 Å². The highest BCUT2D eigenvalue weighted by Crippen LogP contribution is 2.23. The molecule has 1 unspecified atom stereocenters. The maximum Gasteiger partial charge on any atom is 0.129 e. The summed E-state index contributed by atoms with van der Waals surface area (Å²) in [5.41, 5.74) is 1.97. The number of furan rings is 1. The van der Waals surface area contributed by atoms with E-state index in [0.29, 0.717) is 0 Å². The molecule has 0 aliphatic rings. The molecule has 0 bridgehead atoms. The van der Waals surface area contributed by atoms with Crippen LogP contribution in [0.1, 0.15) is 23.1 Å². The Hall–Kier alpha value is -1.68. The van der Waals surface area contributed by atoms with Gasteiger partial charge in [-0.3, -0.25) is 9.97 Å². The van der Waals surface area contributed by atoms with E-state index in [0.717, 1.165) is 17.0 Å². The number of aryl methyl sites for hydroxylation is 1. The molecule has 2 aromatic rings. The fraction of sp³-hybridized carbons (Fsp3) is 0.273. The molecule has 0 fully saturated rings. The van der Waals surface area contributed by atoms with Gasteiger partial charge in [-0.05, 0) is 25.6 Å². The van der Waals surface area contributed by atoms with Gasteiger partial charge in [-0.2, -0.15) is 0 Å². The third-order valence-electron chi connectivity index (χ3n) is 2.33. The molecule has 1 atom stereocenters. The van der Waals surface area contributed by atoms with E-state index < -0.39 is 0 Å². The SMILES string of the molecule is CNC(c1cnccn1)c1occc1C. The maximum absolute atomic E-state index is 5.44. The second kappa shape index (κ2) is 4.23. The van der Waals surface area contributed by atoms with Crippen LogP contribution in [0.4, 0.5) is 0 Å². The van der Waals surface area contributed by atoms with Crippen molar-refractivity contribution in [2.24, 2.45) is 0 Å². The van der Waals surface area contributed by atoms with Gasteiger partial charge in [0.1, 0.15) is 11.8 Å². The largest absolute Gasteiger partial charge is 0.467 e. The molecule has 0 aromatic carbocycles. The first-order valence-corrected chi connectivity index (χ1v) is 4.80. The van der Waals surface area contributed by atoms with E-state index in [1.54, 1.807) is 24.9 Å². The van der Waals surface area contributed by atoms with E-state index in [1.165, 1.54) is 0 Å². The van der Waals surface area contributed by atoms with Gasteiger partial charge in [-0.1, -0.05) is 0 Å². The fourth-order valence-corrected chi connectivity index (χ4v) is 1.55. The van der Waals surface area contributed by atoms with Crippen molar-refractivity contribution in [1.29, 1.82) is 0 Å². The summed E-state index contributed by atoms with van der Waals surface area (Å²) in [6.45, 7) is 2.01. The molecule has 4 nitrogen and oxygen atoms in total. The molecule has 15 heavy (non-hydrogen) atoms. The van der Waals surface area contributed by atoms with Gasteiger partial charge in [0.2, 0.25) is 0 Å². The van der Waals surface area contributed by atoms with E-state index in [-0.39, 0.29) is 6.04 Å². The molecule has 2 aromatic heterocycles. The van der Waals surface area contributed by atoms with Crippen LogP contribution in [0.25, 0.3) is 0 Å². The molecule has 4 heteroatoms. The summed E-state index contributed by atoms with van der Waals surface area (Å²) in [4.78, 5) is 8.31. The minimum atomic E-state index is -0.0336. The summed E-state index contributed by atoms with van der Waals surface area (Å²) in [5, 5.41) is 3.17. The van der Waals surface area contributed by atoms with Crippen molar-refractivity contribution >= 4 is 0 Å². The average Bonchev–Trinajstić information content (AvgIpc) is 2.68. The minimum absolute atomic E-state index is 0.0336. The van der Waals surface area contributed by atoms with Gasteiger partial charge in [0, 0.05) is 12.4 Å². The second-order valence-corrected chi connectivity index (χ2v) is 3.32. The lowest BCUT2D eigenvalue weighted by atomic mass is 10.1. The number of hydrogen-bond acceptors (Lipinski definition) is 4. The van der Waals surface area contributed by atoms with Crippen molar-refractivity contribution in [2.45, 2.75) is 13.0 Å². The Kier molecular flexibility index (Phi) is 2.78. The normalized spacial score (nSPS) is 12.7. The zero-order valence-corrected chi connectivity index (χ0v) is 8.77. The predicted octanol–water partition coefficient (Wildman–Crippen LogP) is 1.69. The topological polar surface area (TPSA) is 51.0 Å². The second-order valence-electron chi connectivity index (χ2n) is 3.32. The number of nitrogens with one attached hydrogen (secondary N) is 1. The first-order chi connectivity index (χ1) is 7.33. The predicted molar refractivity (Wildman–Crippen MR) is 56.4 cm³/mol. The summed E-state index contributed by atoms with van der Waals surface area (Å²) in [6.07, 6.45) is 6.76. The number of rotatable bonds is 3. The molecular formula is C11H13N3O. The molecule has 1 N–H and O–H groups in total. The van der Waals surface area contributed by atoms with Crippen molar-refractivity contribution < 1.29 is 4.42 Å². The first-order valence-electron chi connectivity index (χ1n) is 4.80. The summed E-state index contributed by atoms with van der Waals surface area (Å²) in [6, 6.07) is 1.91. The van der Waals surface area contributed by atoms with Gasteiger partial charge in [-0.15, -0.1) is 0 Å². The molecule has 2 heterocycles. The summed E-state index contributed by atoms with van der Waals surface area (Å²) >= 11 is 0. The first kappa shape index (κ1) is 9.86. The minimum Gasteiger partial charge on any atom is -0.467 e. The van der Waals surface area contributed by atoms with E-state index >= 15 is 0 Å². The number of hydrogen-bond donors (Lipinski definition) is 1. The molecular weight excluding hydrogens is 190 g/mol. The summed E-state index contributed by atoms with van der Waals surface area (Å²) in [7, 11) is 1.88. The van der Waals surface area contributed by atoms with Crippen LogP contribution in [0.2, 0.25) is 0 Å². The molecule has 0 aliphatic heterocycles. The van der Waals surface area contributed by atoms with Crippen molar-refractivity contribution in [3.8, 4) is 0 Å². The lowest BCUT2D eigenvalue weighted by molar-refractivity contribution is 0.455. The molecule has 78 valence electrons. The fourth-order valence-electron chi connectivity index (χ4n) is 1.55. The van der Waals surface area contributed by atoms with E-state index in [1.807, 2.05) is 20.0 Å². The zero-order valence-electron chi connectivity index (χ0n) is 8.77. The Labute approximate surface area is 88.4 Å². The molecule has 0 spiro atoms. The van der Waals surface area contributed by atoms with Crippen LogP contribution < -0.4 is 5.32 Å². The van der Waals surface area contributed by atoms with Crippen LogP contribution in [-0.2, 0) is 0 Å². The maximum atomic E-state index is 5.44. The Balaban J connectivity index is 2.37. The van der Waals surface area contributed by atoms with Gasteiger partial charge in [0.05, 0.1) is 18.2 Å². The molecule has 0 aliphatic carbocycles. The molecule has 0 amide bonds. The van der Waals surface area contributed by atoms with E-state index in [4.69, 9.17) is 4.42 Å². The third-order valence-corrected chi connectivity index (χ3v) is 2.33. The molecule has 0 saturated heterocycles. The quantitative estimate of drug-likeness (QED) is 0.824. The van der Waals surface area contributed by atoms with Crippen LogP contribution in [0, 0.1) is 6.92 Å². The number of nitrogens with zero attached hydrogens (tertiary/aromatic N) is 2. The molecule has 0 saturated carbocycles. The molecule has 0 radical (unpaired) electrons. The number of aromatic nitrogens is 2. The Morgan fingerprint density at radius 1 is 1.40 bits per heavy atom. The van der Waals surface area contributed by atoms with E-state index in [2.05, 4.69) is 15.3 Å². The Morgan fingerprint density at radius 2 is 2.27 bits per heavy atom. The van der Waals surface area contributed by atoms with Crippen LogP contribution in [0.3, 0.4) is 0 Å². The van der Waals surface area contributed by atoms with Gasteiger partial charge in [-0.25, -0.2) is 0 Å². The van der Waals surface area contributed by atoms with E-state index in [9.17, 15) is 0 Å². The molecule has 2 rings (SSSR count). The van der Waals surface area contributed by atoms with Gasteiger partial charge >= 0.3 is 0 Å². The zero-order chi connectivity index (χ0) is 10.7. The van der Waals surface area contributed by atoms with Gasteiger partial charge in [0.15, 0.2) is 0 Å². The van der Waals surface area contributed by atoms with Crippen molar-refractivity contribution in [1.82, 2.24) is 15.3 Å². The van der Waals surface area contributed by atoms with Crippen LogP contribution >= 0.6 is 0 Å².